The molecule has 2 aromatic rings. The summed E-state index contributed by atoms with van der Waals surface area (Å²) < 4.78 is 14.4. The highest BCUT2D eigenvalue weighted by atomic mass is 79.9. The van der Waals surface area contributed by atoms with Gasteiger partial charge in [0.25, 0.3) is 0 Å². The van der Waals surface area contributed by atoms with Crippen molar-refractivity contribution in [3.63, 3.8) is 0 Å². The average molecular weight is 313 g/mol. The highest BCUT2D eigenvalue weighted by Crippen LogP contribution is 2.20. The summed E-state index contributed by atoms with van der Waals surface area (Å²) in [7, 11) is 0. The molecular weight excluding hydrogens is 305 g/mol. The normalized spacial score (nSPS) is 11.6. The Morgan fingerprint density at radius 1 is 1.06 bits per heavy atom. The zero-order chi connectivity index (χ0) is 12.3. The maximum Gasteiger partial charge on any atom is 0.139 e. The van der Waals surface area contributed by atoms with E-state index in [1.165, 1.54) is 6.07 Å². The fourth-order valence-electron chi connectivity index (χ4n) is 1.32. The third-order valence-electron chi connectivity index (χ3n) is 2.15. The van der Waals surface area contributed by atoms with E-state index in [-0.39, 0.29) is 11.0 Å². The van der Waals surface area contributed by atoms with E-state index in [2.05, 4.69) is 20.9 Å². The van der Waals surface area contributed by atoms with Gasteiger partial charge in [-0.05, 0) is 36.4 Å². The lowest BCUT2D eigenvalue weighted by Gasteiger charge is -2.00. The van der Waals surface area contributed by atoms with Gasteiger partial charge in [0.1, 0.15) is 11.0 Å². The van der Waals surface area contributed by atoms with Gasteiger partial charge in [-0.25, -0.2) is 9.38 Å². The Morgan fingerprint density at radius 3 is 2.35 bits per heavy atom. The summed E-state index contributed by atoms with van der Waals surface area (Å²) in [5.41, 5.74) is 0.985. The van der Waals surface area contributed by atoms with E-state index in [0.717, 1.165) is 4.47 Å². The van der Waals surface area contributed by atoms with Crippen LogP contribution in [0, 0.1) is 5.82 Å². The lowest BCUT2D eigenvalue weighted by atomic mass is 10.2. The average Bonchev–Trinajstić information content (AvgIpc) is 2.32. The standard InChI is InChI=1S/C13H8BrClFN/c14-9-5-7-10(8-6-9)17-13(15)11-3-1-2-4-12(11)16/h1-8H. The quantitative estimate of drug-likeness (QED) is 0.699. The van der Waals surface area contributed by atoms with E-state index < -0.39 is 0 Å². The predicted octanol–water partition coefficient (Wildman–Crippen LogP) is 4.91. The molecule has 0 heterocycles. The maximum atomic E-state index is 13.4. The maximum absolute atomic E-state index is 13.4. The molecule has 0 fully saturated rings. The van der Waals surface area contributed by atoms with Gasteiger partial charge in [-0.15, -0.1) is 0 Å². The minimum atomic E-state index is -0.377. The second-order valence-electron chi connectivity index (χ2n) is 3.36. The Hall–Kier alpha value is -1.19. The molecule has 0 aliphatic carbocycles. The molecule has 0 saturated heterocycles. The third kappa shape index (κ3) is 3.14. The van der Waals surface area contributed by atoms with Gasteiger partial charge in [-0.1, -0.05) is 39.7 Å². The second-order valence-corrected chi connectivity index (χ2v) is 4.63. The van der Waals surface area contributed by atoms with Crippen molar-refractivity contribution in [2.45, 2.75) is 0 Å². The summed E-state index contributed by atoms with van der Waals surface area (Å²) in [6, 6.07) is 13.6. The first-order valence-electron chi connectivity index (χ1n) is 4.91. The molecule has 0 amide bonds. The zero-order valence-corrected chi connectivity index (χ0v) is 11.0. The minimum Gasteiger partial charge on any atom is -0.236 e. The van der Waals surface area contributed by atoms with Crippen LogP contribution in [0.25, 0.3) is 0 Å². The molecular formula is C13H8BrClFN. The Morgan fingerprint density at radius 2 is 1.71 bits per heavy atom. The molecule has 17 heavy (non-hydrogen) atoms. The fourth-order valence-corrected chi connectivity index (χ4v) is 1.83. The number of nitrogens with zero attached hydrogens (tertiary/aromatic N) is 1. The van der Waals surface area contributed by atoms with Gasteiger partial charge in [0.05, 0.1) is 5.69 Å². The summed E-state index contributed by atoms with van der Waals surface area (Å²) in [5.74, 6) is -0.377. The van der Waals surface area contributed by atoms with Crippen LogP contribution in [0.4, 0.5) is 10.1 Å². The molecule has 0 saturated carbocycles. The molecule has 0 atom stereocenters. The number of benzene rings is 2. The number of hydrogen-bond acceptors (Lipinski definition) is 1. The van der Waals surface area contributed by atoms with Crippen molar-refractivity contribution in [1.29, 1.82) is 0 Å². The molecule has 2 aromatic carbocycles. The zero-order valence-electron chi connectivity index (χ0n) is 8.70. The van der Waals surface area contributed by atoms with Crippen molar-refractivity contribution in [2.75, 3.05) is 0 Å². The van der Waals surface area contributed by atoms with Crippen LogP contribution >= 0.6 is 27.5 Å². The number of rotatable bonds is 2. The molecule has 0 spiro atoms. The Bertz CT molecular complexity index is 552. The Balaban J connectivity index is 2.34. The van der Waals surface area contributed by atoms with E-state index in [0.29, 0.717) is 11.3 Å². The van der Waals surface area contributed by atoms with Gasteiger partial charge >= 0.3 is 0 Å². The highest BCUT2D eigenvalue weighted by Gasteiger charge is 2.05. The molecule has 0 N–H and O–H groups in total. The molecule has 0 aliphatic rings. The summed E-state index contributed by atoms with van der Waals surface area (Å²) in [4.78, 5) is 4.15. The number of halogens is 3. The largest absolute Gasteiger partial charge is 0.236 e. The lowest BCUT2D eigenvalue weighted by molar-refractivity contribution is 0.626. The van der Waals surface area contributed by atoms with Gasteiger partial charge in [-0.3, -0.25) is 0 Å². The van der Waals surface area contributed by atoms with Crippen molar-refractivity contribution >= 4 is 38.4 Å². The van der Waals surface area contributed by atoms with Crippen molar-refractivity contribution < 1.29 is 4.39 Å². The molecule has 86 valence electrons. The molecule has 0 unspecified atom stereocenters. The van der Waals surface area contributed by atoms with E-state index in [4.69, 9.17) is 11.6 Å². The molecule has 0 bridgehead atoms. The number of aliphatic imine (C=N–C) groups is 1. The molecule has 2 rings (SSSR count). The molecule has 4 heteroatoms. The van der Waals surface area contributed by atoms with Crippen molar-refractivity contribution in [3.8, 4) is 0 Å². The van der Waals surface area contributed by atoms with Crippen LogP contribution in [0.15, 0.2) is 58.0 Å². The Labute approximate surface area is 112 Å². The molecule has 0 aromatic heterocycles. The fraction of sp³-hybridized carbons (Fsp3) is 0. The second kappa shape index (κ2) is 5.43. The van der Waals surface area contributed by atoms with Crippen LogP contribution < -0.4 is 0 Å². The summed E-state index contributed by atoms with van der Waals surface area (Å²) in [6.07, 6.45) is 0. The molecule has 0 aliphatic heterocycles. The lowest BCUT2D eigenvalue weighted by Crippen LogP contribution is -1.94. The van der Waals surface area contributed by atoms with Gasteiger partial charge in [0.15, 0.2) is 0 Å². The van der Waals surface area contributed by atoms with E-state index in [9.17, 15) is 4.39 Å². The van der Waals surface area contributed by atoms with Crippen molar-refractivity contribution in [2.24, 2.45) is 4.99 Å². The van der Waals surface area contributed by atoms with Crippen LogP contribution in [-0.2, 0) is 0 Å². The van der Waals surface area contributed by atoms with Crippen LogP contribution in [0.1, 0.15) is 5.56 Å². The van der Waals surface area contributed by atoms with Crippen molar-refractivity contribution in [1.82, 2.24) is 0 Å². The monoisotopic (exact) mass is 311 g/mol. The van der Waals surface area contributed by atoms with Gasteiger partial charge in [0, 0.05) is 10.0 Å². The van der Waals surface area contributed by atoms with Crippen LogP contribution in [0.5, 0.6) is 0 Å². The van der Waals surface area contributed by atoms with Crippen LogP contribution in [-0.4, -0.2) is 5.17 Å². The third-order valence-corrected chi connectivity index (χ3v) is 2.97. The summed E-state index contributed by atoms with van der Waals surface area (Å²) in [5, 5.41) is 0.144. The van der Waals surface area contributed by atoms with Crippen LogP contribution in [0.3, 0.4) is 0 Å². The SMILES string of the molecule is Fc1ccccc1C(Cl)=Nc1ccc(Br)cc1. The number of hydrogen-bond donors (Lipinski definition) is 0. The first-order chi connectivity index (χ1) is 8.16. The topological polar surface area (TPSA) is 12.4 Å². The van der Waals surface area contributed by atoms with Crippen LogP contribution in [0.2, 0.25) is 0 Å². The molecule has 1 nitrogen and oxygen atoms in total. The van der Waals surface area contributed by atoms with E-state index >= 15 is 0 Å². The van der Waals surface area contributed by atoms with E-state index in [1.807, 2.05) is 12.1 Å². The summed E-state index contributed by atoms with van der Waals surface area (Å²) >= 11 is 9.31. The molecule has 0 radical (unpaired) electrons. The predicted molar refractivity (Wildman–Crippen MR) is 72.6 cm³/mol. The summed E-state index contributed by atoms with van der Waals surface area (Å²) in [6.45, 7) is 0. The van der Waals surface area contributed by atoms with E-state index in [1.54, 1.807) is 30.3 Å². The Kier molecular flexibility index (Phi) is 3.92. The van der Waals surface area contributed by atoms with Crippen molar-refractivity contribution in [3.05, 3.63) is 64.4 Å². The smallest absolute Gasteiger partial charge is 0.139 e. The first-order valence-corrected chi connectivity index (χ1v) is 6.08. The van der Waals surface area contributed by atoms with Gasteiger partial charge < -0.3 is 0 Å². The highest BCUT2D eigenvalue weighted by molar-refractivity contribution is 9.10. The minimum absolute atomic E-state index is 0.144. The van der Waals surface area contributed by atoms with Gasteiger partial charge in [0.2, 0.25) is 0 Å². The van der Waals surface area contributed by atoms with Gasteiger partial charge in [-0.2, -0.15) is 0 Å². The first kappa shape index (κ1) is 12.3.